The number of hydrogen-bond donors (Lipinski definition) is 2. The van der Waals surface area contributed by atoms with E-state index in [2.05, 4.69) is 11.3 Å². The number of carboxylic acid groups (broad SMARTS) is 1. The number of rotatable bonds is 5. The van der Waals surface area contributed by atoms with E-state index in [-0.39, 0.29) is 6.61 Å². The Balaban J connectivity index is 3.87. The molecule has 0 atom stereocenters. The van der Waals surface area contributed by atoms with Gasteiger partial charge in [0.15, 0.2) is 0 Å². The third-order valence-electron chi connectivity index (χ3n) is 1.10. The lowest BCUT2D eigenvalue weighted by Gasteiger charge is -2.11. The van der Waals surface area contributed by atoms with Crippen molar-refractivity contribution in [3.63, 3.8) is 0 Å². The van der Waals surface area contributed by atoms with Gasteiger partial charge >= 0.3 is 18.0 Å². The van der Waals surface area contributed by atoms with E-state index >= 15 is 0 Å². The first-order chi connectivity index (χ1) is 6.40. The Bertz CT molecular complexity index is 242. The Labute approximate surface area is 78.4 Å². The zero-order chi connectivity index (χ0) is 11.2. The number of carbonyl (C=O) groups is 2. The lowest BCUT2D eigenvalue weighted by molar-refractivity contribution is -0.163. The van der Waals surface area contributed by atoms with Gasteiger partial charge in [-0.1, -0.05) is 12.7 Å². The summed E-state index contributed by atoms with van der Waals surface area (Å²) in [4.78, 5) is 20.5. The fourth-order valence-electron chi connectivity index (χ4n) is 0.444. The second kappa shape index (κ2) is 5.15. The Morgan fingerprint density at radius 3 is 2.57 bits per heavy atom. The minimum Gasteiger partial charge on any atom is -0.477 e. The molecular formula is C7H9F2NO4. The molecule has 0 heterocycles. The van der Waals surface area contributed by atoms with Crippen molar-refractivity contribution in [2.24, 2.45) is 0 Å². The molecule has 0 unspecified atom stereocenters. The maximum Gasteiger partial charge on any atom is 0.407 e. The second-order valence-corrected chi connectivity index (χ2v) is 2.25. The normalized spacial score (nSPS) is 10.4. The van der Waals surface area contributed by atoms with Gasteiger partial charge < -0.3 is 15.2 Å². The Morgan fingerprint density at radius 1 is 1.57 bits per heavy atom. The molecule has 0 aliphatic carbocycles. The summed E-state index contributed by atoms with van der Waals surface area (Å²) in [6, 6.07) is 0. The van der Waals surface area contributed by atoms with E-state index in [0.717, 1.165) is 0 Å². The van der Waals surface area contributed by atoms with E-state index in [0.29, 0.717) is 0 Å². The maximum absolute atomic E-state index is 12.3. The molecular weight excluding hydrogens is 200 g/mol. The van der Waals surface area contributed by atoms with Crippen LogP contribution in [0.1, 0.15) is 0 Å². The summed E-state index contributed by atoms with van der Waals surface area (Å²) in [7, 11) is 0. The molecule has 1 amide bonds. The van der Waals surface area contributed by atoms with Crippen molar-refractivity contribution in [3.8, 4) is 0 Å². The molecule has 7 heteroatoms. The maximum atomic E-state index is 12.3. The van der Waals surface area contributed by atoms with Crippen molar-refractivity contribution in [2.45, 2.75) is 5.92 Å². The van der Waals surface area contributed by atoms with Crippen molar-refractivity contribution < 1.29 is 28.2 Å². The molecule has 0 fully saturated rings. The topological polar surface area (TPSA) is 75.6 Å². The largest absolute Gasteiger partial charge is 0.477 e. The number of aliphatic carboxylic acids is 1. The number of hydrogen-bond acceptors (Lipinski definition) is 3. The van der Waals surface area contributed by atoms with Gasteiger partial charge in [0.2, 0.25) is 0 Å². The fraction of sp³-hybridized carbons (Fsp3) is 0.429. The zero-order valence-corrected chi connectivity index (χ0v) is 7.13. The van der Waals surface area contributed by atoms with Crippen molar-refractivity contribution >= 4 is 12.1 Å². The fourth-order valence-corrected chi connectivity index (χ4v) is 0.444. The average Bonchev–Trinajstić information content (AvgIpc) is 2.11. The second-order valence-electron chi connectivity index (χ2n) is 2.25. The third kappa shape index (κ3) is 4.39. The van der Waals surface area contributed by atoms with Gasteiger partial charge in [-0.3, -0.25) is 0 Å². The smallest absolute Gasteiger partial charge is 0.407 e. The van der Waals surface area contributed by atoms with Gasteiger partial charge in [0, 0.05) is 0 Å². The summed E-state index contributed by atoms with van der Waals surface area (Å²) < 4.78 is 28.9. The molecule has 0 bridgehead atoms. The van der Waals surface area contributed by atoms with Gasteiger partial charge in [-0.2, -0.15) is 8.78 Å². The summed E-state index contributed by atoms with van der Waals surface area (Å²) in [5, 5.41) is 9.57. The summed E-state index contributed by atoms with van der Waals surface area (Å²) in [6.45, 7) is 1.78. The number of halogens is 2. The van der Waals surface area contributed by atoms with E-state index < -0.39 is 24.5 Å². The summed E-state index contributed by atoms with van der Waals surface area (Å²) in [5.41, 5.74) is 0. The number of alkyl halides is 2. The number of alkyl carbamates (subject to hydrolysis) is 1. The molecule has 14 heavy (non-hydrogen) atoms. The molecule has 80 valence electrons. The average molecular weight is 209 g/mol. The molecule has 0 aliphatic rings. The molecule has 0 aromatic rings. The van der Waals surface area contributed by atoms with Crippen LogP contribution < -0.4 is 5.32 Å². The molecule has 0 saturated heterocycles. The third-order valence-corrected chi connectivity index (χ3v) is 1.10. The number of nitrogens with one attached hydrogen (secondary N) is 1. The number of ether oxygens (including phenoxy) is 1. The molecule has 0 radical (unpaired) electrons. The highest BCUT2D eigenvalue weighted by Gasteiger charge is 2.39. The van der Waals surface area contributed by atoms with Crippen LogP contribution >= 0.6 is 0 Å². The van der Waals surface area contributed by atoms with Gasteiger partial charge in [-0.25, -0.2) is 9.59 Å². The highest BCUT2D eigenvalue weighted by atomic mass is 19.3. The molecule has 0 spiro atoms. The molecule has 0 rings (SSSR count). The Hall–Kier alpha value is -1.66. The van der Waals surface area contributed by atoms with E-state index in [1.165, 1.54) is 6.08 Å². The lowest BCUT2D eigenvalue weighted by Crippen LogP contribution is -2.42. The van der Waals surface area contributed by atoms with Crippen LogP contribution in [-0.2, 0) is 9.53 Å². The predicted octanol–water partition coefficient (Wildman–Crippen LogP) is 0.619. The summed E-state index contributed by atoms with van der Waals surface area (Å²) in [5.74, 6) is -6.30. The first kappa shape index (κ1) is 12.3. The van der Waals surface area contributed by atoms with Gasteiger partial charge in [-0.05, 0) is 0 Å². The molecule has 0 aromatic carbocycles. The Kier molecular flexibility index (Phi) is 4.54. The summed E-state index contributed by atoms with van der Waals surface area (Å²) >= 11 is 0. The minimum absolute atomic E-state index is 0.134. The minimum atomic E-state index is -3.99. The van der Waals surface area contributed by atoms with Crippen LogP contribution in [-0.4, -0.2) is 36.2 Å². The van der Waals surface area contributed by atoms with Gasteiger partial charge in [-0.15, -0.1) is 0 Å². The van der Waals surface area contributed by atoms with Crippen molar-refractivity contribution in [1.82, 2.24) is 5.32 Å². The van der Waals surface area contributed by atoms with Crippen LogP contribution in [0.3, 0.4) is 0 Å². The van der Waals surface area contributed by atoms with Crippen molar-refractivity contribution in [3.05, 3.63) is 12.7 Å². The van der Waals surface area contributed by atoms with E-state index in [4.69, 9.17) is 5.11 Å². The molecule has 0 aromatic heterocycles. The molecule has 2 N–H and O–H groups in total. The standard InChI is InChI=1S/C7H9F2NO4/c1-2-3-14-6(13)10-4-7(8,9)5(11)12/h2H,1,3-4H2,(H,10,13)(H,11,12). The summed E-state index contributed by atoms with van der Waals surface area (Å²) in [6.07, 6.45) is 0.125. The quantitative estimate of drug-likeness (QED) is 0.651. The van der Waals surface area contributed by atoms with Crippen LogP contribution in [0.25, 0.3) is 0 Å². The first-order valence-corrected chi connectivity index (χ1v) is 3.53. The van der Waals surface area contributed by atoms with Gasteiger partial charge in [0.1, 0.15) is 6.61 Å². The highest BCUT2D eigenvalue weighted by Crippen LogP contribution is 2.11. The van der Waals surface area contributed by atoms with Crippen LogP contribution in [0.4, 0.5) is 13.6 Å². The number of carboxylic acids is 1. The van der Waals surface area contributed by atoms with Gasteiger partial charge in [0.05, 0.1) is 6.54 Å². The number of carbonyl (C=O) groups excluding carboxylic acids is 1. The molecule has 5 nitrogen and oxygen atoms in total. The van der Waals surface area contributed by atoms with E-state index in [1.54, 1.807) is 5.32 Å². The Morgan fingerprint density at radius 2 is 2.14 bits per heavy atom. The first-order valence-electron chi connectivity index (χ1n) is 3.53. The van der Waals surface area contributed by atoms with Crippen LogP contribution in [0.15, 0.2) is 12.7 Å². The van der Waals surface area contributed by atoms with Crippen LogP contribution in [0.2, 0.25) is 0 Å². The SMILES string of the molecule is C=CCOC(=O)NCC(F)(F)C(=O)O. The van der Waals surface area contributed by atoms with Crippen molar-refractivity contribution in [1.29, 1.82) is 0 Å². The molecule has 0 aliphatic heterocycles. The molecule has 0 saturated carbocycles. The lowest BCUT2D eigenvalue weighted by atomic mass is 10.3. The highest BCUT2D eigenvalue weighted by molar-refractivity contribution is 5.77. The van der Waals surface area contributed by atoms with E-state index in [9.17, 15) is 18.4 Å². The van der Waals surface area contributed by atoms with Gasteiger partial charge in [0.25, 0.3) is 0 Å². The predicted molar refractivity (Wildman–Crippen MR) is 42.1 cm³/mol. The zero-order valence-electron chi connectivity index (χ0n) is 7.13. The van der Waals surface area contributed by atoms with Crippen LogP contribution in [0.5, 0.6) is 0 Å². The number of amides is 1. The van der Waals surface area contributed by atoms with Crippen molar-refractivity contribution in [2.75, 3.05) is 13.2 Å². The monoisotopic (exact) mass is 209 g/mol. The van der Waals surface area contributed by atoms with E-state index in [1.807, 2.05) is 0 Å². The van der Waals surface area contributed by atoms with Crippen LogP contribution in [0, 0.1) is 0 Å².